The van der Waals surface area contributed by atoms with Gasteiger partial charge in [-0.2, -0.15) is 13.2 Å². The summed E-state index contributed by atoms with van der Waals surface area (Å²) in [7, 11) is -4.04. The second-order valence-electron chi connectivity index (χ2n) is 5.67. The molecule has 0 radical (unpaired) electrons. The monoisotopic (exact) mass is 380 g/mol. The number of fused-ring (bicyclic) bond motifs is 1. The topological polar surface area (TPSA) is 59.1 Å². The minimum absolute atomic E-state index is 0.0499. The van der Waals surface area contributed by atoms with Crippen molar-refractivity contribution >= 4 is 20.9 Å². The summed E-state index contributed by atoms with van der Waals surface area (Å²) in [6.07, 6.45) is -2.58. The third-order valence-corrected chi connectivity index (χ3v) is 5.33. The molecule has 0 spiro atoms. The van der Waals surface area contributed by atoms with Crippen LogP contribution in [0.5, 0.6) is 0 Å². The van der Waals surface area contributed by atoms with Crippen LogP contribution < -0.4 is 4.72 Å². The zero-order chi connectivity index (χ0) is 18.8. The number of nitrogens with one attached hydrogen (secondary N) is 1. The van der Waals surface area contributed by atoms with Gasteiger partial charge in [-0.1, -0.05) is 30.3 Å². The zero-order valence-electron chi connectivity index (χ0n) is 13.5. The maximum absolute atomic E-state index is 12.8. The lowest BCUT2D eigenvalue weighted by molar-refractivity contribution is -0.137. The molecule has 0 aliphatic rings. The number of sulfonamides is 1. The summed E-state index contributed by atoms with van der Waals surface area (Å²) >= 11 is 0. The molecule has 26 heavy (non-hydrogen) atoms. The van der Waals surface area contributed by atoms with Gasteiger partial charge in [0.25, 0.3) is 0 Å². The maximum atomic E-state index is 12.8. The largest absolute Gasteiger partial charge is 0.416 e. The van der Waals surface area contributed by atoms with E-state index in [0.29, 0.717) is 12.5 Å². The summed E-state index contributed by atoms with van der Waals surface area (Å²) in [5.41, 5.74) is 0.627. The molecule has 1 aromatic heterocycles. The van der Waals surface area contributed by atoms with Crippen molar-refractivity contribution in [3.63, 3.8) is 0 Å². The molecular weight excluding hydrogens is 365 g/mol. The molecule has 1 heterocycles. The fourth-order valence-corrected chi connectivity index (χ4v) is 3.69. The fraction of sp³-hybridized carbons (Fsp3) is 0.167. The minimum Gasteiger partial charge on any atom is -0.256 e. The standard InChI is InChI=1S/C18H15F3N2O2S/c19-18(20,21)15-7-2-8-16(12-15)26(24,25)23-11-9-14-5-1-4-13-6-3-10-22-17(13)14/h1-8,10,12,23H,9,11H2. The van der Waals surface area contributed by atoms with Crippen molar-refractivity contribution in [1.82, 2.24) is 9.71 Å². The van der Waals surface area contributed by atoms with Gasteiger partial charge in [-0.05, 0) is 36.2 Å². The first-order chi connectivity index (χ1) is 12.3. The van der Waals surface area contributed by atoms with E-state index in [4.69, 9.17) is 0 Å². The van der Waals surface area contributed by atoms with E-state index < -0.39 is 26.7 Å². The number of pyridine rings is 1. The van der Waals surface area contributed by atoms with E-state index in [9.17, 15) is 21.6 Å². The second-order valence-corrected chi connectivity index (χ2v) is 7.43. The minimum atomic E-state index is -4.60. The van der Waals surface area contributed by atoms with Crippen molar-refractivity contribution in [3.05, 3.63) is 71.9 Å². The highest BCUT2D eigenvalue weighted by molar-refractivity contribution is 7.89. The number of hydrogen-bond acceptors (Lipinski definition) is 3. The van der Waals surface area contributed by atoms with Crippen LogP contribution in [0.4, 0.5) is 13.2 Å². The van der Waals surface area contributed by atoms with Crippen LogP contribution in [0.15, 0.2) is 65.7 Å². The molecule has 136 valence electrons. The summed E-state index contributed by atoms with van der Waals surface area (Å²) in [4.78, 5) is 3.88. The Morgan fingerprint density at radius 1 is 1.00 bits per heavy atom. The third-order valence-electron chi connectivity index (χ3n) is 3.87. The molecule has 8 heteroatoms. The highest BCUT2D eigenvalue weighted by Gasteiger charge is 2.31. The van der Waals surface area contributed by atoms with Crippen LogP contribution in [0.1, 0.15) is 11.1 Å². The predicted octanol–water partition coefficient (Wildman–Crippen LogP) is 3.77. The van der Waals surface area contributed by atoms with Crippen molar-refractivity contribution in [3.8, 4) is 0 Å². The Balaban J connectivity index is 1.75. The molecule has 0 aliphatic heterocycles. The van der Waals surface area contributed by atoms with Gasteiger partial charge < -0.3 is 0 Å². The van der Waals surface area contributed by atoms with Crippen LogP contribution in [-0.2, 0) is 22.6 Å². The Morgan fingerprint density at radius 2 is 1.73 bits per heavy atom. The Labute approximate surface area is 148 Å². The van der Waals surface area contributed by atoms with Crippen molar-refractivity contribution in [2.24, 2.45) is 0 Å². The summed E-state index contributed by atoms with van der Waals surface area (Å²) in [5, 5.41) is 0.936. The van der Waals surface area contributed by atoms with Crippen LogP contribution in [0.3, 0.4) is 0 Å². The molecule has 0 saturated heterocycles. The molecule has 0 aliphatic carbocycles. The number of aromatic nitrogens is 1. The smallest absolute Gasteiger partial charge is 0.256 e. The van der Waals surface area contributed by atoms with E-state index in [1.54, 1.807) is 6.20 Å². The number of nitrogens with zero attached hydrogens (tertiary/aromatic N) is 1. The maximum Gasteiger partial charge on any atom is 0.416 e. The number of halogens is 3. The number of benzene rings is 2. The van der Waals surface area contributed by atoms with E-state index in [-0.39, 0.29) is 6.54 Å². The zero-order valence-corrected chi connectivity index (χ0v) is 14.3. The molecule has 0 fully saturated rings. The van der Waals surface area contributed by atoms with Gasteiger partial charge in [-0.15, -0.1) is 0 Å². The van der Waals surface area contributed by atoms with Gasteiger partial charge in [0.05, 0.1) is 16.0 Å². The normalized spacial score (nSPS) is 12.4. The molecule has 3 aromatic rings. The molecule has 0 saturated carbocycles. The number of hydrogen-bond donors (Lipinski definition) is 1. The summed E-state index contributed by atoms with van der Waals surface area (Å²) < 4.78 is 65.2. The first-order valence-electron chi connectivity index (χ1n) is 7.77. The molecule has 2 aromatic carbocycles. The average Bonchev–Trinajstić information content (AvgIpc) is 2.61. The Morgan fingerprint density at radius 3 is 2.50 bits per heavy atom. The van der Waals surface area contributed by atoms with Crippen molar-refractivity contribution in [2.75, 3.05) is 6.54 Å². The van der Waals surface area contributed by atoms with E-state index in [1.807, 2.05) is 30.3 Å². The van der Waals surface area contributed by atoms with Gasteiger partial charge in [0.15, 0.2) is 0 Å². The van der Waals surface area contributed by atoms with Crippen molar-refractivity contribution in [2.45, 2.75) is 17.5 Å². The fourth-order valence-electron chi connectivity index (χ4n) is 2.61. The lowest BCUT2D eigenvalue weighted by Gasteiger charge is -2.11. The quantitative estimate of drug-likeness (QED) is 0.733. The third kappa shape index (κ3) is 4.03. The van der Waals surface area contributed by atoms with E-state index in [2.05, 4.69) is 9.71 Å². The molecule has 0 unspecified atom stereocenters. The Bertz CT molecular complexity index is 1030. The van der Waals surface area contributed by atoms with Gasteiger partial charge in [0.1, 0.15) is 0 Å². The van der Waals surface area contributed by atoms with Crippen LogP contribution in [0.25, 0.3) is 10.9 Å². The van der Waals surface area contributed by atoms with Crippen LogP contribution in [0.2, 0.25) is 0 Å². The number of rotatable bonds is 5. The molecular formula is C18H15F3N2O2S. The molecule has 0 atom stereocenters. The molecule has 4 nitrogen and oxygen atoms in total. The number of para-hydroxylation sites is 1. The summed E-state index contributed by atoms with van der Waals surface area (Å²) in [5.74, 6) is 0. The van der Waals surface area contributed by atoms with E-state index in [0.717, 1.165) is 34.7 Å². The van der Waals surface area contributed by atoms with Gasteiger partial charge in [-0.25, -0.2) is 13.1 Å². The van der Waals surface area contributed by atoms with Crippen LogP contribution >= 0.6 is 0 Å². The van der Waals surface area contributed by atoms with E-state index >= 15 is 0 Å². The van der Waals surface area contributed by atoms with Gasteiger partial charge >= 0.3 is 6.18 Å². The lowest BCUT2D eigenvalue weighted by atomic mass is 10.1. The lowest BCUT2D eigenvalue weighted by Crippen LogP contribution is -2.26. The van der Waals surface area contributed by atoms with Crippen LogP contribution in [0, 0.1) is 0 Å². The predicted molar refractivity (Wildman–Crippen MR) is 92.1 cm³/mol. The van der Waals surface area contributed by atoms with Crippen LogP contribution in [-0.4, -0.2) is 19.9 Å². The number of alkyl halides is 3. The van der Waals surface area contributed by atoms with Gasteiger partial charge in [-0.3, -0.25) is 4.98 Å². The highest BCUT2D eigenvalue weighted by Crippen LogP contribution is 2.30. The highest BCUT2D eigenvalue weighted by atomic mass is 32.2. The van der Waals surface area contributed by atoms with Crippen molar-refractivity contribution in [1.29, 1.82) is 0 Å². The average molecular weight is 380 g/mol. The molecule has 1 N–H and O–H groups in total. The molecule has 0 bridgehead atoms. The van der Waals surface area contributed by atoms with Gasteiger partial charge in [0, 0.05) is 18.1 Å². The first-order valence-corrected chi connectivity index (χ1v) is 9.25. The molecule has 0 amide bonds. The van der Waals surface area contributed by atoms with E-state index in [1.165, 1.54) is 0 Å². The Kier molecular flexibility index (Phi) is 4.97. The molecule has 3 rings (SSSR count). The SMILES string of the molecule is O=S(=O)(NCCc1cccc2cccnc12)c1cccc(C(F)(F)F)c1. The summed E-state index contributed by atoms with van der Waals surface area (Å²) in [6, 6.07) is 13.0. The first kappa shape index (κ1) is 18.3. The Hall–Kier alpha value is -2.45. The van der Waals surface area contributed by atoms with Crippen molar-refractivity contribution < 1.29 is 21.6 Å². The second kappa shape index (κ2) is 7.05. The van der Waals surface area contributed by atoms with Gasteiger partial charge in [0.2, 0.25) is 10.0 Å². The summed E-state index contributed by atoms with van der Waals surface area (Å²) in [6.45, 7) is 0.0499.